The van der Waals surface area contributed by atoms with Crippen LogP contribution >= 0.6 is 0 Å². The second-order valence-electron chi connectivity index (χ2n) is 5.76. The molecule has 3 nitrogen and oxygen atoms in total. The summed E-state index contributed by atoms with van der Waals surface area (Å²) in [5.74, 6) is 0.326. The number of rotatable bonds is 6. The molecule has 1 fully saturated rings. The third-order valence-corrected chi connectivity index (χ3v) is 4.13. The van der Waals surface area contributed by atoms with Gasteiger partial charge in [0, 0.05) is 25.6 Å². The zero-order valence-corrected chi connectivity index (χ0v) is 11.8. The average Bonchev–Trinajstić information content (AvgIpc) is 2.42. The highest BCUT2D eigenvalue weighted by Crippen LogP contribution is 2.35. The van der Waals surface area contributed by atoms with Gasteiger partial charge in [-0.15, -0.1) is 0 Å². The number of phenolic OH excluding ortho intramolecular Hbond substituents is 1. The van der Waals surface area contributed by atoms with Gasteiger partial charge < -0.3 is 15.2 Å². The number of ether oxygens (including phenoxy) is 1. The summed E-state index contributed by atoms with van der Waals surface area (Å²) in [6, 6.07) is 7.41. The molecule has 0 heterocycles. The van der Waals surface area contributed by atoms with Crippen molar-refractivity contribution in [3.8, 4) is 5.75 Å². The van der Waals surface area contributed by atoms with E-state index in [0.29, 0.717) is 11.2 Å². The third-order valence-electron chi connectivity index (χ3n) is 4.13. The summed E-state index contributed by atoms with van der Waals surface area (Å²) >= 11 is 0. The lowest BCUT2D eigenvalue weighted by molar-refractivity contribution is 0.0482. The van der Waals surface area contributed by atoms with Crippen molar-refractivity contribution in [1.29, 1.82) is 0 Å². The van der Waals surface area contributed by atoms with Crippen molar-refractivity contribution < 1.29 is 9.84 Å². The predicted octanol–water partition coefficient (Wildman–Crippen LogP) is 3.08. The van der Waals surface area contributed by atoms with Crippen molar-refractivity contribution >= 4 is 0 Å². The number of methoxy groups -OCH3 is 1. The molecule has 0 aliphatic heterocycles. The monoisotopic (exact) mass is 263 g/mol. The van der Waals surface area contributed by atoms with Crippen molar-refractivity contribution in [3.63, 3.8) is 0 Å². The van der Waals surface area contributed by atoms with Gasteiger partial charge in [0.15, 0.2) is 0 Å². The molecule has 0 saturated heterocycles. The van der Waals surface area contributed by atoms with Crippen LogP contribution in [-0.2, 0) is 11.3 Å². The quantitative estimate of drug-likeness (QED) is 0.828. The van der Waals surface area contributed by atoms with Gasteiger partial charge in [0.05, 0.1) is 6.61 Å². The molecule has 0 aromatic heterocycles. The van der Waals surface area contributed by atoms with Crippen LogP contribution in [0.2, 0.25) is 0 Å². The molecule has 0 radical (unpaired) electrons. The van der Waals surface area contributed by atoms with E-state index in [9.17, 15) is 5.11 Å². The standard InChI is InChI=1S/C16H25NO2/c1-19-13-16(9-3-2-4-10-16)12-17-11-14-5-7-15(18)8-6-14/h5-8,17-18H,2-4,9-13H2,1H3. The molecule has 1 aromatic rings. The van der Waals surface area contributed by atoms with E-state index in [-0.39, 0.29) is 0 Å². The molecule has 19 heavy (non-hydrogen) atoms. The van der Waals surface area contributed by atoms with Gasteiger partial charge in [-0.1, -0.05) is 31.4 Å². The molecule has 1 aromatic carbocycles. The SMILES string of the molecule is COCC1(CNCc2ccc(O)cc2)CCCCC1. The molecular formula is C16H25NO2. The highest BCUT2D eigenvalue weighted by atomic mass is 16.5. The summed E-state index contributed by atoms with van der Waals surface area (Å²) in [4.78, 5) is 0. The summed E-state index contributed by atoms with van der Waals surface area (Å²) in [5.41, 5.74) is 1.53. The zero-order chi connectivity index (χ0) is 13.6. The fourth-order valence-electron chi connectivity index (χ4n) is 3.07. The zero-order valence-electron chi connectivity index (χ0n) is 11.8. The summed E-state index contributed by atoms with van der Waals surface area (Å²) < 4.78 is 5.43. The maximum atomic E-state index is 9.26. The summed E-state index contributed by atoms with van der Waals surface area (Å²) in [5, 5.41) is 12.8. The number of benzene rings is 1. The number of aromatic hydroxyl groups is 1. The molecule has 1 aliphatic rings. The normalized spacial score (nSPS) is 18.4. The van der Waals surface area contributed by atoms with Crippen molar-refractivity contribution in [2.24, 2.45) is 5.41 Å². The van der Waals surface area contributed by atoms with Gasteiger partial charge in [-0.05, 0) is 30.5 Å². The second-order valence-corrected chi connectivity index (χ2v) is 5.76. The smallest absolute Gasteiger partial charge is 0.115 e. The number of hydrogen-bond acceptors (Lipinski definition) is 3. The molecule has 2 N–H and O–H groups in total. The van der Waals surface area contributed by atoms with Crippen molar-refractivity contribution in [2.45, 2.75) is 38.6 Å². The predicted molar refractivity (Wildman–Crippen MR) is 77.2 cm³/mol. The summed E-state index contributed by atoms with van der Waals surface area (Å²) in [6.07, 6.45) is 6.55. The fourth-order valence-corrected chi connectivity index (χ4v) is 3.07. The van der Waals surface area contributed by atoms with Crippen LogP contribution in [0.1, 0.15) is 37.7 Å². The van der Waals surface area contributed by atoms with Crippen molar-refractivity contribution in [1.82, 2.24) is 5.32 Å². The molecule has 2 rings (SSSR count). The lowest BCUT2D eigenvalue weighted by atomic mass is 9.74. The Hall–Kier alpha value is -1.06. The Morgan fingerprint density at radius 1 is 1.16 bits per heavy atom. The maximum absolute atomic E-state index is 9.26. The first-order chi connectivity index (χ1) is 9.24. The van der Waals surface area contributed by atoms with E-state index in [1.54, 1.807) is 19.2 Å². The van der Waals surface area contributed by atoms with E-state index in [4.69, 9.17) is 4.74 Å². The molecule has 1 aliphatic carbocycles. The van der Waals surface area contributed by atoms with Gasteiger partial charge in [-0.3, -0.25) is 0 Å². The van der Waals surface area contributed by atoms with Crippen LogP contribution in [0.15, 0.2) is 24.3 Å². The van der Waals surface area contributed by atoms with E-state index in [1.165, 1.54) is 37.7 Å². The molecule has 0 amide bonds. The van der Waals surface area contributed by atoms with Crippen LogP contribution < -0.4 is 5.32 Å². The van der Waals surface area contributed by atoms with Crippen LogP contribution in [-0.4, -0.2) is 25.4 Å². The first-order valence-electron chi connectivity index (χ1n) is 7.22. The van der Waals surface area contributed by atoms with Gasteiger partial charge in [-0.2, -0.15) is 0 Å². The average molecular weight is 263 g/mol. The van der Waals surface area contributed by atoms with Crippen LogP contribution in [0, 0.1) is 5.41 Å². The Morgan fingerprint density at radius 2 is 1.84 bits per heavy atom. The van der Waals surface area contributed by atoms with Crippen LogP contribution in [0.3, 0.4) is 0 Å². The molecule has 0 unspecified atom stereocenters. The molecule has 0 spiro atoms. The van der Waals surface area contributed by atoms with E-state index in [1.807, 2.05) is 12.1 Å². The van der Waals surface area contributed by atoms with E-state index in [2.05, 4.69) is 5.32 Å². The van der Waals surface area contributed by atoms with E-state index < -0.39 is 0 Å². The Morgan fingerprint density at radius 3 is 2.47 bits per heavy atom. The van der Waals surface area contributed by atoms with Gasteiger partial charge in [0.25, 0.3) is 0 Å². The first kappa shape index (κ1) is 14.4. The lowest BCUT2D eigenvalue weighted by Gasteiger charge is -2.37. The van der Waals surface area contributed by atoms with Crippen LogP contribution in [0.5, 0.6) is 5.75 Å². The third kappa shape index (κ3) is 4.22. The molecule has 106 valence electrons. The highest BCUT2D eigenvalue weighted by molar-refractivity contribution is 5.25. The van der Waals surface area contributed by atoms with Crippen molar-refractivity contribution in [2.75, 3.05) is 20.3 Å². The van der Waals surface area contributed by atoms with Gasteiger partial charge in [0.1, 0.15) is 5.75 Å². The number of phenols is 1. The Bertz CT molecular complexity index is 363. The Balaban J connectivity index is 1.83. The summed E-state index contributed by atoms with van der Waals surface area (Å²) in [7, 11) is 1.80. The number of nitrogens with one attached hydrogen (secondary N) is 1. The topological polar surface area (TPSA) is 41.5 Å². The first-order valence-corrected chi connectivity index (χ1v) is 7.22. The minimum atomic E-state index is 0.323. The largest absolute Gasteiger partial charge is 0.508 e. The minimum Gasteiger partial charge on any atom is -0.508 e. The molecule has 0 atom stereocenters. The maximum Gasteiger partial charge on any atom is 0.115 e. The van der Waals surface area contributed by atoms with E-state index >= 15 is 0 Å². The van der Waals surface area contributed by atoms with Crippen LogP contribution in [0.4, 0.5) is 0 Å². The van der Waals surface area contributed by atoms with Crippen LogP contribution in [0.25, 0.3) is 0 Å². The minimum absolute atomic E-state index is 0.323. The summed E-state index contributed by atoms with van der Waals surface area (Å²) in [6.45, 7) is 2.73. The van der Waals surface area contributed by atoms with Gasteiger partial charge in [-0.25, -0.2) is 0 Å². The lowest BCUT2D eigenvalue weighted by Crippen LogP contribution is -2.39. The molecule has 3 heteroatoms. The molecule has 1 saturated carbocycles. The van der Waals surface area contributed by atoms with E-state index in [0.717, 1.165) is 19.7 Å². The second kappa shape index (κ2) is 6.92. The van der Waals surface area contributed by atoms with Gasteiger partial charge in [0.2, 0.25) is 0 Å². The number of hydrogen-bond donors (Lipinski definition) is 2. The Kier molecular flexibility index (Phi) is 5.23. The highest BCUT2D eigenvalue weighted by Gasteiger charge is 2.31. The Labute approximate surface area is 116 Å². The van der Waals surface area contributed by atoms with Gasteiger partial charge >= 0.3 is 0 Å². The fraction of sp³-hybridized carbons (Fsp3) is 0.625. The molecular weight excluding hydrogens is 238 g/mol. The molecule has 0 bridgehead atoms. The van der Waals surface area contributed by atoms with Crippen molar-refractivity contribution in [3.05, 3.63) is 29.8 Å².